The maximum absolute atomic E-state index is 4.49. The number of pyridine rings is 1. The van der Waals surface area contributed by atoms with E-state index in [-0.39, 0.29) is 0 Å². The Morgan fingerprint density at radius 2 is 1.75 bits per heavy atom. The summed E-state index contributed by atoms with van der Waals surface area (Å²) in [6, 6.07) is 14.2. The Morgan fingerprint density at radius 1 is 0.917 bits per heavy atom. The first kappa shape index (κ1) is 14.4. The molecule has 0 fully saturated rings. The molecule has 4 aromatic rings. The van der Waals surface area contributed by atoms with Crippen LogP contribution >= 0.6 is 0 Å². The molecule has 0 spiro atoms. The zero-order valence-corrected chi connectivity index (χ0v) is 13.5. The van der Waals surface area contributed by atoms with Gasteiger partial charge in [0.05, 0.1) is 17.6 Å². The fourth-order valence-corrected chi connectivity index (χ4v) is 2.91. The van der Waals surface area contributed by atoms with Crippen LogP contribution in [0.3, 0.4) is 0 Å². The minimum absolute atomic E-state index is 0.759. The first-order valence-electron chi connectivity index (χ1n) is 7.81. The molecule has 0 aliphatic rings. The van der Waals surface area contributed by atoms with E-state index in [9.17, 15) is 0 Å². The van der Waals surface area contributed by atoms with Gasteiger partial charge in [-0.2, -0.15) is 5.10 Å². The third-order valence-corrected chi connectivity index (χ3v) is 4.08. The fraction of sp³-hybridized carbons (Fsp3) is 0.105. The van der Waals surface area contributed by atoms with Crippen LogP contribution in [0.2, 0.25) is 0 Å². The molecule has 0 radical (unpaired) electrons. The van der Waals surface area contributed by atoms with Gasteiger partial charge in [-0.05, 0) is 37.1 Å². The molecule has 5 nitrogen and oxygen atoms in total. The van der Waals surface area contributed by atoms with Crippen molar-refractivity contribution in [1.82, 2.24) is 25.1 Å². The molecule has 3 aromatic heterocycles. The lowest BCUT2D eigenvalue weighted by molar-refractivity contribution is 1.02. The lowest BCUT2D eigenvalue weighted by Crippen LogP contribution is -1.89. The van der Waals surface area contributed by atoms with Crippen molar-refractivity contribution < 1.29 is 0 Å². The standard InChI is InChI=1S/C19H17N5/c1-12-18(13(2)24-23-12)15-8-9-20-16(10-15)19-21-11-17(22-19)14-6-4-3-5-7-14/h3-11H,1-2H3,(H,21,22)(H,23,24). The molecule has 118 valence electrons. The van der Waals surface area contributed by atoms with Gasteiger partial charge in [0, 0.05) is 17.5 Å². The third-order valence-electron chi connectivity index (χ3n) is 4.08. The molecule has 5 heteroatoms. The van der Waals surface area contributed by atoms with Crippen LogP contribution < -0.4 is 0 Å². The third kappa shape index (κ3) is 2.50. The van der Waals surface area contributed by atoms with Crippen LogP contribution in [0.15, 0.2) is 54.9 Å². The largest absolute Gasteiger partial charge is 0.337 e. The monoisotopic (exact) mass is 315 g/mol. The molecule has 0 bridgehead atoms. The van der Waals surface area contributed by atoms with Gasteiger partial charge in [-0.1, -0.05) is 30.3 Å². The highest BCUT2D eigenvalue weighted by Gasteiger charge is 2.12. The summed E-state index contributed by atoms with van der Waals surface area (Å²) in [4.78, 5) is 12.3. The zero-order valence-electron chi connectivity index (χ0n) is 13.5. The second-order valence-electron chi connectivity index (χ2n) is 5.75. The van der Waals surface area contributed by atoms with E-state index in [4.69, 9.17) is 0 Å². The molecule has 0 aliphatic heterocycles. The van der Waals surface area contributed by atoms with Crippen LogP contribution in [-0.2, 0) is 0 Å². The van der Waals surface area contributed by atoms with Crippen LogP contribution in [0.25, 0.3) is 33.9 Å². The van der Waals surface area contributed by atoms with Gasteiger partial charge in [-0.3, -0.25) is 10.1 Å². The number of hydrogen-bond acceptors (Lipinski definition) is 3. The predicted octanol–water partition coefficient (Wildman–Crippen LogP) is 4.15. The lowest BCUT2D eigenvalue weighted by Gasteiger charge is -2.03. The van der Waals surface area contributed by atoms with E-state index in [1.165, 1.54) is 0 Å². The Kier molecular flexibility index (Phi) is 3.46. The smallest absolute Gasteiger partial charge is 0.156 e. The average Bonchev–Trinajstić information content (AvgIpc) is 3.23. The molecular weight excluding hydrogens is 298 g/mol. The van der Waals surface area contributed by atoms with E-state index in [2.05, 4.69) is 37.3 Å². The van der Waals surface area contributed by atoms with Crippen LogP contribution in [0.1, 0.15) is 11.4 Å². The molecule has 0 aliphatic carbocycles. The molecular formula is C19H17N5. The molecule has 1 aromatic carbocycles. The summed E-state index contributed by atoms with van der Waals surface area (Å²) in [6.45, 7) is 4.02. The van der Waals surface area contributed by atoms with Crippen molar-refractivity contribution >= 4 is 0 Å². The minimum Gasteiger partial charge on any atom is -0.337 e. The number of H-pyrrole nitrogens is 2. The molecule has 0 saturated heterocycles. The number of aryl methyl sites for hydroxylation is 2. The number of nitrogens with one attached hydrogen (secondary N) is 2. The van der Waals surface area contributed by atoms with Crippen LogP contribution in [0.5, 0.6) is 0 Å². The number of benzene rings is 1. The number of hydrogen-bond donors (Lipinski definition) is 2. The summed E-state index contributed by atoms with van der Waals surface area (Å²) in [5, 5.41) is 7.30. The molecule has 0 saturated carbocycles. The number of aromatic amines is 2. The molecule has 2 N–H and O–H groups in total. The fourth-order valence-electron chi connectivity index (χ4n) is 2.91. The number of rotatable bonds is 3. The number of nitrogens with zero attached hydrogens (tertiary/aromatic N) is 3. The summed E-state index contributed by atoms with van der Waals surface area (Å²) < 4.78 is 0. The quantitative estimate of drug-likeness (QED) is 0.597. The maximum atomic E-state index is 4.49. The highest BCUT2D eigenvalue weighted by molar-refractivity contribution is 5.72. The van der Waals surface area contributed by atoms with Crippen molar-refractivity contribution in [2.24, 2.45) is 0 Å². The van der Waals surface area contributed by atoms with E-state index < -0.39 is 0 Å². The Hall–Kier alpha value is -3.21. The van der Waals surface area contributed by atoms with Gasteiger partial charge in [0.25, 0.3) is 0 Å². The summed E-state index contributed by atoms with van der Waals surface area (Å²) in [5.41, 5.74) is 7.13. The van der Waals surface area contributed by atoms with Gasteiger partial charge in [0.2, 0.25) is 0 Å². The SMILES string of the molecule is Cc1n[nH]c(C)c1-c1ccnc(-c2ncc(-c3ccccc3)[nH]2)c1. The summed E-state index contributed by atoms with van der Waals surface area (Å²) >= 11 is 0. The Labute approximate surface area is 139 Å². The molecule has 0 unspecified atom stereocenters. The maximum Gasteiger partial charge on any atom is 0.156 e. The second kappa shape index (κ2) is 5.77. The molecule has 3 heterocycles. The van der Waals surface area contributed by atoms with E-state index in [0.717, 1.165) is 45.3 Å². The van der Waals surface area contributed by atoms with Gasteiger partial charge in [0.1, 0.15) is 5.69 Å². The van der Waals surface area contributed by atoms with Gasteiger partial charge >= 0.3 is 0 Å². The minimum atomic E-state index is 0.759. The van der Waals surface area contributed by atoms with Crippen molar-refractivity contribution in [3.8, 4) is 33.9 Å². The average molecular weight is 315 g/mol. The Morgan fingerprint density at radius 3 is 2.50 bits per heavy atom. The van der Waals surface area contributed by atoms with Crippen LogP contribution in [0, 0.1) is 13.8 Å². The topological polar surface area (TPSA) is 70.2 Å². The Balaban J connectivity index is 1.74. The van der Waals surface area contributed by atoms with Crippen molar-refractivity contribution in [2.75, 3.05) is 0 Å². The first-order valence-corrected chi connectivity index (χ1v) is 7.81. The normalized spacial score (nSPS) is 10.9. The van der Waals surface area contributed by atoms with Gasteiger partial charge < -0.3 is 4.98 Å². The number of aromatic nitrogens is 5. The van der Waals surface area contributed by atoms with E-state index in [1.807, 2.05) is 50.4 Å². The van der Waals surface area contributed by atoms with Crippen LogP contribution in [-0.4, -0.2) is 25.1 Å². The van der Waals surface area contributed by atoms with Gasteiger partial charge in [-0.15, -0.1) is 0 Å². The van der Waals surface area contributed by atoms with Crippen molar-refractivity contribution in [2.45, 2.75) is 13.8 Å². The van der Waals surface area contributed by atoms with E-state index >= 15 is 0 Å². The molecule has 24 heavy (non-hydrogen) atoms. The zero-order chi connectivity index (χ0) is 16.5. The molecule has 0 atom stereocenters. The molecule has 0 amide bonds. The van der Waals surface area contributed by atoms with Crippen molar-refractivity contribution in [3.05, 3.63) is 66.2 Å². The Bertz CT molecular complexity index is 962. The van der Waals surface area contributed by atoms with Crippen LogP contribution in [0.4, 0.5) is 0 Å². The number of imidazole rings is 1. The highest BCUT2D eigenvalue weighted by atomic mass is 15.1. The molecule has 4 rings (SSSR count). The second-order valence-corrected chi connectivity index (χ2v) is 5.75. The van der Waals surface area contributed by atoms with Crippen molar-refractivity contribution in [3.63, 3.8) is 0 Å². The lowest BCUT2D eigenvalue weighted by atomic mass is 10.0. The predicted molar refractivity (Wildman–Crippen MR) is 94.3 cm³/mol. The van der Waals surface area contributed by atoms with Crippen molar-refractivity contribution in [1.29, 1.82) is 0 Å². The van der Waals surface area contributed by atoms with E-state index in [0.29, 0.717) is 0 Å². The van der Waals surface area contributed by atoms with Gasteiger partial charge in [-0.25, -0.2) is 4.98 Å². The van der Waals surface area contributed by atoms with Gasteiger partial charge in [0.15, 0.2) is 5.82 Å². The summed E-state index contributed by atoms with van der Waals surface area (Å²) in [6.07, 6.45) is 3.65. The summed E-state index contributed by atoms with van der Waals surface area (Å²) in [7, 11) is 0. The summed E-state index contributed by atoms with van der Waals surface area (Å²) in [5.74, 6) is 0.759. The first-order chi connectivity index (χ1) is 11.7. The van der Waals surface area contributed by atoms with E-state index in [1.54, 1.807) is 6.20 Å². The highest BCUT2D eigenvalue weighted by Crippen LogP contribution is 2.28.